The van der Waals surface area contributed by atoms with Gasteiger partial charge in [-0.3, -0.25) is 4.79 Å². The molecular formula is C13H22N2O3S2. The molecule has 1 saturated heterocycles. The first-order valence-electron chi connectivity index (χ1n) is 7.21. The van der Waals surface area contributed by atoms with E-state index in [4.69, 9.17) is 18.0 Å². The summed E-state index contributed by atoms with van der Waals surface area (Å²) < 4.78 is 24.0. The van der Waals surface area contributed by atoms with E-state index < -0.39 is 26.5 Å². The van der Waals surface area contributed by atoms with Crippen LogP contribution in [0.5, 0.6) is 0 Å². The molecule has 20 heavy (non-hydrogen) atoms. The van der Waals surface area contributed by atoms with Gasteiger partial charge in [-0.1, -0.05) is 37.9 Å². The summed E-state index contributed by atoms with van der Waals surface area (Å²) in [7, 11) is -3.32. The number of carbonyl (C=O) groups excluding carboxylic acids is 1. The zero-order valence-electron chi connectivity index (χ0n) is 11.6. The van der Waals surface area contributed by atoms with E-state index in [9.17, 15) is 13.2 Å². The van der Waals surface area contributed by atoms with Crippen molar-refractivity contribution in [1.82, 2.24) is 5.32 Å². The second kappa shape index (κ2) is 5.97. The van der Waals surface area contributed by atoms with Crippen molar-refractivity contribution in [2.24, 2.45) is 5.73 Å². The summed E-state index contributed by atoms with van der Waals surface area (Å²) >= 11 is 5.12. The van der Waals surface area contributed by atoms with Crippen molar-refractivity contribution in [2.75, 3.05) is 5.75 Å². The molecule has 2 fully saturated rings. The quantitative estimate of drug-likeness (QED) is 0.760. The number of hydrogen-bond donors (Lipinski definition) is 2. The largest absolute Gasteiger partial charge is 0.391 e. The summed E-state index contributed by atoms with van der Waals surface area (Å²) in [4.78, 5) is 12.7. The van der Waals surface area contributed by atoms with E-state index in [0.29, 0.717) is 25.7 Å². The Labute approximate surface area is 125 Å². The minimum absolute atomic E-state index is 0.102. The van der Waals surface area contributed by atoms with Gasteiger partial charge in [0.05, 0.1) is 16.3 Å². The van der Waals surface area contributed by atoms with Crippen molar-refractivity contribution in [3.8, 4) is 0 Å². The Bertz CT molecular complexity index is 496. The Hall–Kier alpha value is -0.690. The molecule has 0 aromatic heterocycles. The molecule has 0 aromatic rings. The van der Waals surface area contributed by atoms with E-state index in [1.807, 2.05) is 0 Å². The van der Waals surface area contributed by atoms with Gasteiger partial charge in [0.2, 0.25) is 5.91 Å². The molecule has 0 radical (unpaired) electrons. The number of nitrogens with one attached hydrogen (secondary N) is 1. The van der Waals surface area contributed by atoms with Crippen LogP contribution in [0.15, 0.2) is 0 Å². The second-order valence-corrected chi connectivity index (χ2v) is 8.59. The van der Waals surface area contributed by atoms with Gasteiger partial charge in [0.1, 0.15) is 5.25 Å². The number of carbonyl (C=O) groups is 1. The van der Waals surface area contributed by atoms with Crippen LogP contribution in [0.2, 0.25) is 0 Å². The number of nitrogens with two attached hydrogens (primary N) is 1. The third-order valence-electron chi connectivity index (χ3n) is 4.41. The first-order valence-corrected chi connectivity index (χ1v) is 9.33. The molecule has 5 nitrogen and oxygen atoms in total. The molecule has 1 amide bonds. The third kappa shape index (κ3) is 3.14. The fourth-order valence-electron chi connectivity index (χ4n) is 3.15. The zero-order chi connectivity index (χ0) is 14.8. The number of thiocarbonyl (C=S) groups is 1. The Kier molecular flexibility index (Phi) is 4.69. The van der Waals surface area contributed by atoms with Crippen molar-refractivity contribution in [3.05, 3.63) is 0 Å². The van der Waals surface area contributed by atoms with Crippen molar-refractivity contribution in [2.45, 2.75) is 62.2 Å². The van der Waals surface area contributed by atoms with Crippen molar-refractivity contribution in [1.29, 1.82) is 0 Å². The highest BCUT2D eigenvalue weighted by Crippen LogP contribution is 2.30. The summed E-state index contributed by atoms with van der Waals surface area (Å²) in [5.41, 5.74) is 5.13. The second-order valence-electron chi connectivity index (χ2n) is 5.85. The highest BCUT2D eigenvalue weighted by Gasteiger charge is 2.41. The molecule has 1 aliphatic heterocycles. The SMILES string of the molecule is NC(=S)C1(NC(=O)C2CCCCS2(=O)=O)CCCCC1. The topological polar surface area (TPSA) is 89.3 Å². The van der Waals surface area contributed by atoms with E-state index in [1.165, 1.54) is 0 Å². The monoisotopic (exact) mass is 318 g/mol. The van der Waals surface area contributed by atoms with E-state index in [-0.39, 0.29) is 10.7 Å². The number of rotatable bonds is 3. The van der Waals surface area contributed by atoms with Gasteiger partial charge in [-0.15, -0.1) is 0 Å². The maximum Gasteiger partial charge on any atom is 0.239 e. The highest BCUT2D eigenvalue weighted by molar-refractivity contribution is 7.92. The normalized spacial score (nSPS) is 28.5. The van der Waals surface area contributed by atoms with Gasteiger partial charge in [-0.25, -0.2) is 8.42 Å². The molecule has 1 atom stereocenters. The highest BCUT2D eigenvalue weighted by atomic mass is 32.2. The fourth-order valence-corrected chi connectivity index (χ4v) is 5.21. The molecule has 114 valence electrons. The van der Waals surface area contributed by atoms with Crippen molar-refractivity contribution < 1.29 is 13.2 Å². The van der Waals surface area contributed by atoms with Crippen LogP contribution in [0.1, 0.15) is 51.4 Å². The van der Waals surface area contributed by atoms with Crippen LogP contribution in [0.4, 0.5) is 0 Å². The van der Waals surface area contributed by atoms with Crippen LogP contribution in [0.3, 0.4) is 0 Å². The summed E-state index contributed by atoms with van der Waals surface area (Å²) in [6.45, 7) is 0. The zero-order valence-corrected chi connectivity index (χ0v) is 13.2. The van der Waals surface area contributed by atoms with Gasteiger partial charge < -0.3 is 11.1 Å². The molecule has 1 aliphatic carbocycles. The van der Waals surface area contributed by atoms with Crippen LogP contribution in [-0.2, 0) is 14.6 Å². The lowest BCUT2D eigenvalue weighted by Gasteiger charge is -2.38. The van der Waals surface area contributed by atoms with Gasteiger partial charge in [0, 0.05) is 0 Å². The van der Waals surface area contributed by atoms with E-state index in [2.05, 4.69) is 5.32 Å². The molecule has 1 heterocycles. The minimum Gasteiger partial charge on any atom is -0.391 e. The fraction of sp³-hybridized carbons (Fsp3) is 0.846. The van der Waals surface area contributed by atoms with Crippen LogP contribution < -0.4 is 11.1 Å². The van der Waals surface area contributed by atoms with Crippen LogP contribution in [0.25, 0.3) is 0 Å². The first-order chi connectivity index (χ1) is 9.37. The molecule has 2 aliphatic rings. The molecule has 0 aromatic carbocycles. The van der Waals surface area contributed by atoms with Gasteiger partial charge >= 0.3 is 0 Å². The van der Waals surface area contributed by atoms with Crippen LogP contribution in [0, 0.1) is 0 Å². The Morgan fingerprint density at radius 2 is 1.80 bits per heavy atom. The molecular weight excluding hydrogens is 296 g/mol. The average molecular weight is 318 g/mol. The van der Waals surface area contributed by atoms with Crippen molar-refractivity contribution >= 4 is 33.0 Å². The number of amides is 1. The Balaban J connectivity index is 2.14. The molecule has 1 unspecified atom stereocenters. The Morgan fingerprint density at radius 3 is 2.35 bits per heavy atom. The van der Waals surface area contributed by atoms with E-state index in [0.717, 1.165) is 25.7 Å². The summed E-state index contributed by atoms with van der Waals surface area (Å²) in [6, 6.07) is 0. The van der Waals surface area contributed by atoms with Crippen LogP contribution in [-0.4, -0.2) is 35.9 Å². The lowest BCUT2D eigenvalue weighted by atomic mass is 9.81. The lowest BCUT2D eigenvalue weighted by Crippen LogP contribution is -2.60. The Morgan fingerprint density at radius 1 is 1.15 bits per heavy atom. The van der Waals surface area contributed by atoms with Gasteiger partial charge in [-0.05, 0) is 25.7 Å². The van der Waals surface area contributed by atoms with Crippen LogP contribution >= 0.6 is 12.2 Å². The standard InChI is InChI=1S/C13H22N2O3S2/c14-12(19)13(7-3-1-4-8-13)15-11(16)10-6-2-5-9-20(10,17)18/h10H,1-9H2,(H2,14,19)(H,15,16). The average Bonchev–Trinajstić information content (AvgIpc) is 2.38. The predicted molar refractivity (Wildman–Crippen MR) is 82.2 cm³/mol. The molecule has 7 heteroatoms. The van der Waals surface area contributed by atoms with Crippen molar-refractivity contribution in [3.63, 3.8) is 0 Å². The predicted octanol–water partition coefficient (Wildman–Crippen LogP) is 1.06. The lowest BCUT2D eigenvalue weighted by molar-refractivity contribution is -0.122. The molecule has 0 bridgehead atoms. The molecule has 3 N–H and O–H groups in total. The first kappa shape index (κ1) is 15.7. The molecule has 0 spiro atoms. The molecule has 2 rings (SSSR count). The maximum atomic E-state index is 12.4. The summed E-state index contributed by atoms with van der Waals surface area (Å²) in [6.07, 6.45) is 6.25. The van der Waals surface area contributed by atoms with Gasteiger partial charge in [-0.2, -0.15) is 0 Å². The number of hydrogen-bond acceptors (Lipinski definition) is 4. The van der Waals surface area contributed by atoms with Gasteiger partial charge in [0.25, 0.3) is 0 Å². The maximum absolute atomic E-state index is 12.4. The summed E-state index contributed by atoms with van der Waals surface area (Å²) in [5, 5.41) is 1.95. The summed E-state index contributed by atoms with van der Waals surface area (Å²) in [5.74, 6) is -0.315. The third-order valence-corrected chi connectivity index (χ3v) is 6.98. The van der Waals surface area contributed by atoms with Gasteiger partial charge in [0.15, 0.2) is 9.84 Å². The smallest absolute Gasteiger partial charge is 0.239 e. The van der Waals surface area contributed by atoms with E-state index >= 15 is 0 Å². The number of sulfone groups is 1. The minimum atomic E-state index is -3.32. The molecule has 1 saturated carbocycles. The van der Waals surface area contributed by atoms with E-state index in [1.54, 1.807) is 0 Å².